The molecule has 0 atom stereocenters. The Balaban J connectivity index is 1.26. The number of nitrogens with zero attached hydrogens (tertiary/aromatic N) is 3. The van der Waals surface area contributed by atoms with E-state index in [2.05, 4.69) is 15.3 Å². The number of Topliss-reactive ketones (excluding diaryl/α,β-unsaturated/α-hetero) is 1. The fraction of sp³-hybridized carbons (Fsp3) is 0.364. The Labute approximate surface area is 191 Å². The van der Waals surface area contributed by atoms with Crippen LogP contribution in [-0.2, 0) is 11.3 Å². The van der Waals surface area contributed by atoms with Gasteiger partial charge >= 0.3 is 0 Å². The number of hydrogen-bond donors (Lipinski definition) is 1. The normalized spacial score (nSPS) is 17.3. The van der Waals surface area contributed by atoms with Crippen LogP contribution in [0.2, 0.25) is 10.0 Å². The van der Waals surface area contributed by atoms with Crippen molar-refractivity contribution in [2.24, 2.45) is 0 Å². The molecule has 2 aromatic rings. The van der Waals surface area contributed by atoms with E-state index in [-0.39, 0.29) is 0 Å². The van der Waals surface area contributed by atoms with Crippen molar-refractivity contribution in [2.45, 2.75) is 6.54 Å². The van der Waals surface area contributed by atoms with E-state index in [1.165, 1.54) is 0 Å². The van der Waals surface area contributed by atoms with Crippen LogP contribution in [0, 0.1) is 0 Å². The monoisotopic (exact) mass is 462 g/mol. The third-order valence-corrected chi connectivity index (χ3v) is 6.29. The largest absolute Gasteiger partial charge is 0.497 e. The van der Waals surface area contributed by atoms with Gasteiger partial charge in [0.2, 0.25) is 0 Å². The topological polar surface area (TPSA) is 65.1 Å². The predicted molar refractivity (Wildman–Crippen MR) is 121 cm³/mol. The van der Waals surface area contributed by atoms with E-state index in [4.69, 9.17) is 27.9 Å². The van der Waals surface area contributed by atoms with Crippen molar-refractivity contribution in [3.8, 4) is 5.75 Å². The van der Waals surface area contributed by atoms with Crippen molar-refractivity contribution in [2.75, 3.05) is 51.3 Å². The van der Waals surface area contributed by atoms with Gasteiger partial charge in [-0.3, -0.25) is 19.9 Å². The molecule has 31 heavy (non-hydrogen) atoms. The highest BCUT2D eigenvalue weighted by molar-refractivity contribution is 6.52. The number of benzene rings is 2. The molecule has 4 rings (SSSR count). The minimum absolute atomic E-state index is 0.416. The van der Waals surface area contributed by atoms with Gasteiger partial charge in [0, 0.05) is 55.9 Å². The number of hydrogen-bond acceptors (Lipinski definition) is 6. The van der Waals surface area contributed by atoms with Gasteiger partial charge in [0.15, 0.2) is 0 Å². The van der Waals surface area contributed by atoms with Gasteiger partial charge in [0.05, 0.1) is 18.4 Å². The second-order valence-corrected chi connectivity index (χ2v) is 8.41. The number of nitrogens with one attached hydrogen (secondary N) is 1. The average Bonchev–Trinajstić information content (AvgIpc) is 3.01. The Morgan fingerprint density at radius 2 is 1.77 bits per heavy atom. The Kier molecular flexibility index (Phi) is 6.79. The Morgan fingerprint density at radius 1 is 1.00 bits per heavy atom. The van der Waals surface area contributed by atoms with Crippen LogP contribution in [0.15, 0.2) is 36.4 Å². The van der Waals surface area contributed by atoms with Gasteiger partial charge in [-0.15, -0.1) is 0 Å². The summed E-state index contributed by atoms with van der Waals surface area (Å²) in [6.07, 6.45) is 0. The maximum absolute atomic E-state index is 12.4. The molecule has 1 N–H and O–H groups in total. The smallest absolute Gasteiger partial charge is 0.299 e. The number of fused-ring (bicyclic) bond motifs is 1. The SMILES string of the molecule is COc1ccc2c(c1)C(=O)C(=O)N2CCN1CCN(NCc2ccc(Cl)cc2Cl)CC1. The van der Waals surface area contributed by atoms with Crippen LogP contribution in [0.5, 0.6) is 5.75 Å². The summed E-state index contributed by atoms with van der Waals surface area (Å²) in [4.78, 5) is 28.6. The number of carbonyl (C=O) groups is 2. The van der Waals surface area contributed by atoms with Crippen molar-refractivity contribution >= 4 is 40.6 Å². The number of ether oxygens (including phenoxy) is 1. The fourth-order valence-electron chi connectivity index (χ4n) is 3.86. The molecular formula is C22H24Cl2N4O3. The molecule has 0 aromatic heterocycles. The molecule has 0 radical (unpaired) electrons. The molecule has 1 saturated heterocycles. The molecule has 2 aliphatic heterocycles. The second-order valence-electron chi connectivity index (χ2n) is 7.57. The summed E-state index contributed by atoms with van der Waals surface area (Å²) < 4.78 is 5.17. The molecule has 2 aromatic carbocycles. The number of amides is 1. The van der Waals surface area contributed by atoms with E-state index < -0.39 is 11.7 Å². The number of carbonyl (C=O) groups excluding carboxylic acids is 2. The number of ketones is 1. The van der Waals surface area contributed by atoms with Crippen molar-refractivity contribution in [1.29, 1.82) is 0 Å². The summed E-state index contributed by atoms with van der Waals surface area (Å²) in [6.45, 7) is 5.27. The zero-order valence-corrected chi connectivity index (χ0v) is 18.7. The Hall–Kier alpha value is -2.16. The lowest BCUT2D eigenvalue weighted by Gasteiger charge is -2.35. The minimum Gasteiger partial charge on any atom is -0.497 e. The lowest BCUT2D eigenvalue weighted by atomic mass is 10.1. The van der Waals surface area contributed by atoms with Gasteiger partial charge in [-0.1, -0.05) is 29.3 Å². The van der Waals surface area contributed by atoms with E-state index in [0.29, 0.717) is 46.7 Å². The molecule has 2 heterocycles. The summed E-state index contributed by atoms with van der Waals surface area (Å²) in [7, 11) is 1.54. The van der Waals surface area contributed by atoms with Gasteiger partial charge in [0.25, 0.3) is 11.7 Å². The zero-order valence-electron chi connectivity index (χ0n) is 17.2. The standard InChI is InChI=1S/C22H24Cl2N4O3/c1-31-17-4-5-20-18(13-17)21(29)22(30)28(20)11-8-26-6-9-27(10-7-26)25-14-15-2-3-16(23)12-19(15)24/h2-5,12-13,25H,6-11,14H2,1H3. The van der Waals surface area contributed by atoms with Crippen molar-refractivity contribution in [1.82, 2.24) is 15.3 Å². The molecule has 2 aliphatic rings. The Morgan fingerprint density at radius 3 is 2.48 bits per heavy atom. The molecule has 0 saturated carbocycles. The highest BCUT2D eigenvalue weighted by atomic mass is 35.5. The van der Waals surface area contributed by atoms with E-state index in [1.807, 2.05) is 12.1 Å². The first-order valence-electron chi connectivity index (χ1n) is 10.1. The summed E-state index contributed by atoms with van der Waals surface area (Å²) >= 11 is 12.2. The average molecular weight is 463 g/mol. The molecule has 9 heteroatoms. The van der Waals surface area contributed by atoms with E-state index in [1.54, 1.807) is 36.3 Å². The Bertz CT molecular complexity index is 993. The summed E-state index contributed by atoms with van der Waals surface area (Å²) in [5.74, 6) is -0.363. The number of methoxy groups -OCH3 is 1. The number of piperazine rings is 1. The molecule has 0 aliphatic carbocycles. The van der Waals surface area contributed by atoms with Crippen LogP contribution in [0.1, 0.15) is 15.9 Å². The highest BCUT2D eigenvalue weighted by Gasteiger charge is 2.36. The maximum atomic E-state index is 12.4. The number of hydrazine groups is 1. The zero-order chi connectivity index (χ0) is 22.0. The first kappa shape index (κ1) is 22.0. The van der Waals surface area contributed by atoms with Crippen LogP contribution < -0.4 is 15.1 Å². The molecule has 0 spiro atoms. The van der Waals surface area contributed by atoms with Crippen molar-refractivity contribution in [3.63, 3.8) is 0 Å². The van der Waals surface area contributed by atoms with E-state index in [0.717, 1.165) is 31.7 Å². The number of anilines is 1. The van der Waals surface area contributed by atoms with Gasteiger partial charge in [-0.05, 0) is 35.9 Å². The minimum atomic E-state index is -0.469. The fourth-order valence-corrected chi connectivity index (χ4v) is 4.34. The lowest BCUT2D eigenvalue weighted by molar-refractivity contribution is -0.114. The van der Waals surface area contributed by atoms with Crippen LogP contribution in [0.4, 0.5) is 5.69 Å². The van der Waals surface area contributed by atoms with E-state index >= 15 is 0 Å². The number of rotatable bonds is 7. The molecule has 1 fully saturated rings. The first-order valence-corrected chi connectivity index (χ1v) is 10.9. The summed E-state index contributed by atoms with van der Waals surface area (Å²) in [5, 5.41) is 3.46. The molecular weight excluding hydrogens is 439 g/mol. The van der Waals surface area contributed by atoms with Gasteiger partial charge in [-0.25, -0.2) is 5.01 Å². The third kappa shape index (κ3) is 4.86. The maximum Gasteiger partial charge on any atom is 0.299 e. The first-order chi connectivity index (χ1) is 15.0. The molecule has 0 unspecified atom stereocenters. The molecule has 1 amide bonds. The second kappa shape index (κ2) is 9.54. The van der Waals surface area contributed by atoms with Crippen LogP contribution >= 0.6 is 23.2 Å². The van der Waals surface area contributed by atoms with Gasteiger partial charge in [-0.2, -0.15) is 0 Å². The van der Waals surface area contributed by atoms with Gasteiger partial charge < -0.3 is 9.64 Å². The molecule has 7 nitrogen and oxygen atoms in total. The summed E-state index contributed by atoms with van der Waals surface area (Å²) in [6, 6.07) is 10.7. The third-order valence-electron chi connectivity index (χ3n) is 5.70. The van der Waals surface area contributed by atoms with Crippen molar-refractivity contribution < 1.29 is 14.3 Å². The number of halogens is 2. The van der Waals surface area contributed by atoms with E-state index in [9.17, 15) is 9.59 Å². The van der Waals surface area contributed by atoms with Gasteiger partial charge in [0.1, 0.15) is 5.75 Å². The van der Waals surface area contributed by atoms with Crippen LogP contribution in [0.3, 0.4) is 0 Å². The quantitative estimate of drug-likeness (QED) is 0.638. The lowest BCUT2D eigenvalue weighted by Crippen LogP contribution is -2.53. The van der Waals surface area contributed by atoms with Crippen LogP contribution in [-0.4, -0.2) is 68.0 Å². The highest BCUT2D eigenvalue weighted by Crippen LogP contribution is 2.31. The van der Waals surface area contributed by atoms with Crippen molar-refractivity contribution in [3.05, 3.63) is 57.6 Å². The molecule has 0 bridgehead atoms. The summed E-state index contributed by atoms with van der Waals surface area (Å²) in [5.41, 5.74) is 5.49. The molecule has 164 valence electrons. The van der Waals surface area contributed by atoms with Crippen LogP contribution in [0.25, 0.3) is 0 Å². The predicted octanol–water partition coefficient (Wildman–Crippen LogP) is 2.85.